The number of carbonyl (C=O) groups is 3. The van der Waals surface area contributed by atoms with Crippen molar-refractivity contribution in [2.24, 2.45) is 5.92 Å². The maximum atomic E-state index is 10.6. The molecule has 1 heterocycles. The highest BCUT2D eigenvalue weighted by Gasteiger charge is 2.35. The molecule has 1 saturated heterocycles. The molecule has 0 aromatic heterocycles. The molecule has 6 nitrogen and oxygen atoms in total. The smallest absolute Gasteiger partial charge is 0.306 e. The lowest BCUT2D eigenvalue weighted by Crippen LogP contribution is -2.41. The lowest BCUT2D eigenvalue weighted by molar-refractivity contribution is -0.317. The standard InChI is InChI=1S/C7H8O6/c8-4(9)1-3-2-5(10)13-6(3)7(11)12/h3,6H,1-2H2,(H,8,9)(H,11,12)/p-2/t3-,6-/m0/s1. The molecule has 0 unspecified atom stereocenters. The minimum absolute atomic E-state index is 0.216. The van der Waals surface area contributed by atoms with Crippen molar-refractivity contribution in [2.75, 3.05) is 0 Å². The number of cyclic esters (lactones) is 1. The van der Waals surface area contributed by atoms with Crippen LogP contribution in [0.2, 0.25) is 0 Å². The molecule has 0 bridgehead atoms. The molecular weight excluding hydrogens is 180 g/mol. The third-order valence-corrected chi connectivity index (χ3v) is 1.78. The van der Waals surface area contributed by atoms with E-state index in [-0.39, 0.29) is 6.42 Å². The molecule has 0 N–H and O–H groups in total. The van der Waals surface area contributed by atoms with Gasteiger partial charge in [-0.3, -0.25) is 4.79 Å². The van der Waals surface area contributed by atoms with Gasteiger partial charge >= 0.3 is 5.97 Å². The Kier molecular flexibility index (Phi) is 2.50. The zero-order valence-electron chi connectivity index (χ0n) is 6.52. The molecule has 0 saturated carbocycles. The van der Waals surface area contributed by atoms with E-state index in [0.29, 0.717) is 0 Å². The molecule has 72 valence electrons. The highest BCUT2D eigenvalue weighted by Crippen LogP contribution is 2.24. The molecule has 13 heavy (non-hydrogen) atoms. The Bertz CT molecular complexity index is 258. The van der Waals surface area contributed by atoms with Gasteiger partial charge < -0.3 is 24.5 Å². The summed E-state index contributed by atoms with van der Waals surface area (Å²) >= 11 is 0. The Balaban J connectivity index is 2.66. The van der Waals surface area contributed by atoms with Crippen LogP contribution in [0.3, 0.4) is 0 Å². The van der Waals surface area contributed by atoms with Crippen LogP contribution < -0.4 is 10.2 Å². The molecular formula is C7H6O6-2. The summed E-state index contributed by atoms with van der Waals surface area (Å²) < 4.78 is 4.34. The summed E-state index contributed by atoms with van der Waals surface area (Å²) in [5.74, 6) is -4.57. The average molecular weight is 186 g/mol. The number of carboxylic acids is 2. The van der Waals surface area contributed by atoms with E-state index >= 15 is 0 Å². The van der Waals surface area contributed by atoms with Gasteiger partial charge in [-0.1, -0.05) is 0 Å². The number of esters is 1. The summed E-state index contributed by atoms with van der Waals surface area (Å²) in [6.45, 7) is 0. The Morgan fingerprint density at radius 2 is 2.08 bits per heavy atom. The quantitative estimate of drug-likeness (QED) is 0.430. The zero-order chi connectivity index (χ0) is 10.0. The topological polar surface area (TPSA) is 107 Å². The number of hydrogen-bond acceptors (Lipinski definition) is 6. The Hall–Kier alpha value is -1.59. The van der Waals surface area contributed by atoms with Crippen LogP contribution in [0.4, 0.5) is 0 Å². The molecule has 2 atom stereocenters. The summed E-state index contributed by atoms with van der Waals surface area (Å²) in [5, 5.41) is 20.5. The third kappa shape index (κ3) is 2.17. The highest BCUT2D eigenvalue weighted by atomic mass is 16.6. The number of rotatable bonds is 3. The van der Waals surface area contributed by atoms with Crippen LogP contribution in [0.5, 0.6) is 0 Å². The van der Waals surface area contributed by atoms with Crippen molar-refractivity contribution >= 4 is 17.9 Å². The van der Waals surface area contributed by atoms with Gasteiger partial charge in [0.15, 0.2) is 0 Å². The lowest BCUT2D eigenvalue weighted by atomic mass is 9.98. The lowest BCUT2D eigenvalue weighted by Gasteiger charge is -2.17. The number of carboxylic acid groups (broad SMARTS) is 2. The Morgan fingerprint density at radius 3 is 2.54 bits per heavy atom. The van der Waals surface area contributed by atoms with Gasteiger partial charge in [0, 0.05) is 11.9 Å². The van der Waals surface area contributed by atoms with E-state index in [1.807, 2.05) is 0 Å². The van der Waals surface area contributed by atoms with Crippen molar-refractivity contribution in [3.05, 3.63) is 0 Å². The van der Waals surface area contributed by atoms with Gasteiger partial charge in [0.2, 0.25) is 0 Å². The first-order valence-corrected chi connectivity index (χ1v) is 3.61. The van der Waals surface area contributed by atoms with Crippen molar-refractivity contribution in [1.29, 1.82) is 0 Å². The van der Waals surface area contributed by atoms with Crippen molar-refractivity contribution in [3.63, 3.8) is 0 Å². The second-order valence-corrected chi connectivity index (χ2v) is 2.77. The molecule has 0 spiro atoms. The van der Waals surface area contributed by atoms with E-state index in [1.165, 1.54) is 0 Å². The first kappa shape index (κ1) is 9.50. The second-order valence-electron chi connectivity index (χ2n) is 2.77. The minimum Gasteiger partial charge on any atom is -0.550 e. The summed E-state index contributed by atoms with van der Waals surface area (Å²) in [7, 11) is 0. The van der Waals surface area contributed by atoms with Gasteiger partial charge in [-0.25, -0.2) is 0 Å². The Morgan fingerprint density at radius 1 is 1.46 bits per heavy atom. The van der Waals surface area contributed by atoms with Crippen molar-refractivity contribution in [2.45, 2.75) is 18.9 Å². The van der Waals surface area contributed by atoms with Crippen LogP contribution in [-0.4, -0.2) is 24.0 Å². The fourth-order valence-corrected chi connectivity index (χ4v) is 1.24. The van der Waals surface area contributed by atoms with Crippen LogP contribution in [-0.2, 0) is 19.1 Å². The van der Waals surface area contributed by atoms with E-state index in [1.54, 1.807) is 0 Å². The Labute approximate surface area is 73.1 Å². The molecule has 6 heteroatoms. The fourth-order valence-electron chi connectivity index (χ4n) is 1.24. The number of aliphatic carboxylic acids is 2. The summed E-state index contributed by atoms with van der Waals surface area (Å²) in [6, 6.07) is 0. The van der Waals surface area contributed by atoms with E-state index in [2.05, 4.69) is 4.74 Å². The molecule has 0 aliphatic carbocycles. The first-order chi connectivity index (χ1) is 6.00. The summed E-state index contributed by atoms with van der Waals surface area (Å²) in [6.07, 6.45) is -2.18. The van der Waals surface area contributed by atoms with Gasteiger partial charge in [-0.05, 0) is 6.42 Å². The fraction of sp³-hybridized carbons (Fsp3) is 0.571. The van der Waals surface area contributed by atoms with Gasteiger partial charge in [-0.2, -0.15) is 0 Å². The molecule has 0 radical (unpaired) electrons. The van der Waals surface area contributed by atoms with Crippen LogP contribution in [0.25, 0.3) is 0 Å². The summed E-state index contributed by atoms with van der Waals surface area (Å²) in [5.41, 5.74) is 0. The summed E-state index contributed by atoms with van der Waals surface area (Å²) in [4.78, 5) is 31.1. The van der Waals surface area contributed by atoms with Gasteiger partial charge in [0.05, 0.1) is 12.4 Å². The molecule has 1 aliphatic rings. The van der Waals surface area contributed by atoms with E-state index in [9.17, 15) is 24.6 Å². The van der Waals surface area contributed by atoms with Crippen molar-refractivity contribution < 1.29 is 29.3 Å². The number of carbonyl (C=O) groups excluding carboxylic acids is 3. The van der Waals surface area contributed by atoms with Crippen molar-refractivity contribution in [1.82, 2.24) is 0 Å². The normalized spacial score (nSPS) is 26.9. The van der Waals surface area contributed by atoms with E-state index in [0.717, 1.165) is 0 Å². The predicted molar refractivity (Wildman–Crippen MR) is 32.6 cm³/mol. The highest BCUT2D eigenvalue weighted by molar-refractivity contribution is 5.82. The average Bonchev–Trinajstić information content (AvgIpc) is 2.29. The maximum Gasteiger partial charge on any atom is 0.306 e. The maximum absolute atomic E-state index is 10.6. The van der Waals surface area contributed by atoms with Gasteiger partial charge in [-0.15, -0.1) is 0 Å². The SMILES string of the molecule is O=C([O-])C[C@H]1CC(=O)O[C@@H]1C(=O)[O-]. The minimum atomic E-state index is -1.57. The largest absolute Gasteiger partial charge is 0.550 e. The molecule has 0 amide bonds. The van der Waals surface area contributed by atoms with Gasteiger partial charge in [0.25, 0.3) is 0 Å². The van der Waals surface area contributed by atoms with E-state index in [4.69, 9.17) is 0 Å². The number of ether oxygens (including phenoxy) is 1. The second kappa shape index (κ2) is 3.42. The molecule has 0 aromatic carbocycles. The molecule has 1 fully saturated rings. The van der Waals surface area contributed by atoms with Crippen LogP contribution >= 0.6 is 0 Å². The number of hydrogen-bond donors (Lipinski definition) is 0. The van der Waals surface area contributed by atoms with Crippen LogP contribution in [0.1, 0.15) is 12.8 Å². The molecule has 0 aromatic rings. The van der Waals surface area contributed by atoms with Crippen LogP contribution in [0.15, 0.2) is 0 Å². The van der Waals surface area contributed by atoms with Gasteiger partial charge in [0.1, 0.15) is 6.10 Å². The molecule has 1 rings (SSSR count). The third-order valence-electron chi connectivity index (χ3n) is 1.78. The monoisotopic (exact) mass is 186 g/mol. The van der Waals surface area contributed by atoms with Crippen molar-refractivity contribution in [3.8, 4) is 0 Å². The van der Waals surface area contributed by atoms with Crippen LogP contribution in [0, 0.1) is 5.92 Å². The first-order valence-electron chi connectivity index (χ1n) is 3.61. The van der Waals surface area contributed by atoms with E-state index < -0.39 is 36.4 Å². The predicted octanol–water partition coefficient (Wildman–Crippen LogP) is -3.19. The molecule has 1 aliphatic heterocycles. The zero-order valence-corrected chi connectivity index (χ0v) is 6.52.